The molecule has 2 amide bonds. The van der Waals surface area contributed by atoms with Crippen LogP contribution in [0.2, 0.25) is 0 Å². The van der Waals surface area contributed by atoms with E-state index in [9.17, 15) is 22.8 Å². The van der Waals surface area contributed by atoms with Gasteiger partial charge in [0, 0.05) is 23.7 Å². The number of hydrogen-bond donors (Lipinski definition) is 2. The average Bonchev–Trinajstić information content (AvgIpc) is 2.59. The van der Waals surface area contributed by atoms with E-state index in [1.165, 1.54) is 30.3 Å². The molecule has 0 aliphatic heterocycles. The lowest BCUT2D eigenvalue weighted by Gasteiger charge is -2.11. The van der Waals surface area contributed by atoms with E-state index < -0.39 is 12.3 Å². The van der Waals surface area contributed by atoms with E-state index >= 15 is 0 Å². The summed E-state index contributed by atoms with van der Waals surface area (Å²) >= 11 is 0. The second-order valence-electron chi connectivity index (χ2n) is 6.40. The summed E-state index contributed by atoms with van der Waals surface area (Å²) in [6.45, 7) is 5.29. The number of aromatic nitrogens is 1. The van der Waals surface area contributed by atoms with E-state index in [-0.39, 0.29) is 29.9 Å². The number of nitrogens with one attached hydrogen (secondary N) is 2. The van der Waals surface area contributed by atoms with Gasteiger partial charge >= 0.3 is 6.36 Å². The highest BCUT2D eigenvalue weighted by atomic mass is 19.4. The molecule has 0 aliphatic rings. The zero-order valence-electron chi connectivity index (χ0n) is 15.6. The molecule has 0 bridgehead atoms. The number of alkyl halides is 3. The molecule has 9 heteroatoms. The van der Waals surface area contributed by atoms with Crippen LogP contribution in [0, 0.1) is 12.8 Å². The topological polar surface area (TPSA) is 80.3 Å². The fourth-order valence-corrected chi connectivity index (χ4v) is 2.23. The van der Waals surface area contributed by atoms with Gasteiger partial charge in [-0.25, -0.2) is 4.98 Å². The first-order chi connectivity index (χ1) is 13.0. The van der Waals surface area contributed by atoms with E-state index in [1.54, 1.807) is 26.8 Å². The number of halogens is 3. The summed E-state index contributed by atoms with van der Waals surface area (Å²) in [6, 6.07) is 8.22. The van der Waals surface area contributed by atoms with Crippen LogP contribution in [0.5, 0.6) is 5.75 Å². The van der Waals surface area contributed by atoms with Crippen molar-refractivity contribution < 1.29 is 27.5 Å². The molecule has 2 aromatic rings. The van der Waals surface area contributed by atoms with Crippen LogP contribution >= 0.6 is 0 Å². The number of hydrogen-bond acceptors (Lipinski definition) is 4. The van der Waals surface area contributed by atoms with Gasteiger partial charge in [0.25, 0.3) is 5.91 Å². The molecule has 0 radical (unpaired) electrons. The van der Waals surface area contributed by atoms with Crippen molar-refractivity contribution in [2.24, 2.45) is 5.92 Å². The summed E-state index contributed by atoms with van der Waals surface area (Å²) in [4.78, 5) is 28.3. The van der Waals surface area contributed by atoms with Gasteiger partial charge in [-0.2, -0.15) is 0 Å². The highest BCUT2D eigenvalue weighted by Crippen LogP contribution is 2.22. The molecule has 0 saturated heterocycles. The lowest BCUT2D eigenvalue weighted by Crippen LogP contribution is -2.24. The molecule has 0 atom stereocenters. The minimum absolute atomic E-state index is 0.111. The Kier molecular flexibility index (Phi) is 6.61. The molecule has 0 spiro atoms. The average molecular weight is 395 g/mol. The molecule has 28 heavy (non-hydrogen) atoms. The quantitative estimate of drug-likeness (QED) is 0.779. The zero-order chi connectivity index (χ0) is 20.9. The number of ether oxygens (including phenoxy) is 1. The Balaban J connectivity index is 2.01. The Morgan fingerprint density at radius 1 is 1.14 bits per heavy atom. The molecule has 150 valence electrons. The molecule has 0 saturated carbocycles. The zero-order valence-corrected chi connectivity index (χ0v) is 15.6. The van der Waals surface area contributed by atoms with Crippen molar-refractivity contribution in [2.45, 2.75) is 33.7 Å². The fraction of sp³-hybridized carbons (Fsp3) is 0.316. The predicted molar refractivity (Wildman–Crippen MR) is 96.7 cm³/mol. The van der Waals surface area contributed by atoms with Crippen LogP contribution in [0.15, 0.2) is 36.4 Å². The number of carbonyl (C=O) groups excluding carboxylic acids is 2. The minimum atomic E-state index is -4.75. The minimum Gasteiger partial charge on any atom is -0.406 e. The van der Waals surface area contributed by atoms with Gasteiger partial charge in [-0.1, -0.05) is 26.0 Å². The van der Waals surface area contributed by atoms with Crippen molar-refractivity contribution >= 4 is 17.6 Å². The van der Waals surface area contributed by atoms with Gasteiger partial charge in [0.2, 0.25) is 5.91 Å². The van der Waals surface area contributed by atoms with Crippen LogP contribution in [-0.2, 0) is 11.3 Å². The number of anilines is 1. The summed E-state index contributed by atoms with van der Waals surface area (Å²) in [5.74, 6) is -0.911. The number of rotatable bonds is 6. The van der Waals surface area contributed by atoms with Gasteiger partial charge in [0.1, 0.15) is 11.6 Å². The standard InChI is InChI=1S/C19H20F3N3O3/c1-11(2)17(26)25-16-9-14(8-12(3)24-16)18(27)23-10-13-4-6-15(7-5-13)28-19(20,21)22/h4-9,11H,10H2,1-3H3,(H,23,27)(H,24,25,26). The molecular weight excluding hydrogens is 375 g/mol. The van der Waals surface area contributed by atoms with Crippen molar-refractivity contribution in [1.29, 1.82) is 0 Å². The molecule has 0 aliphatic carbocycles. The van der Waals surface area contributed by atoms with E-state index in [0.29, 0.717) is 16.8 Å². The number of carbonyl (C=O) groups is 2. The van der Waals surface area contributed by atoms with Gasteiger partial charge < -0.3 is 15.4 Å². The van der Waals surface area contributed by atoms with Crippen LogP contribution in [0.25, 0.3) is 0 Å². The second-order valence-corrected chi connectivity index (χ2v) is 6.40. The monoisotopic (exact) mass is 395 g/mol. The number of nitrogens with zero attached hydrogens (tertiary/aromatic N) is 1. The smallest absolute Gasteiger partial charge is 0.406 e. The van der Waals surface area contributed by atoms with Crippen molar-refractivity contribution in [3.63, 3.8) is 0 Å². The molecule has 1 heterocycles. The van der Waals surface area contributed by atoms with Gasteiger partial charge in [-0.3, -0.25) is 9.59 Å². The first-order valence-electron chi connectivity index (χ1n) is 8.46. The Morgan fingerprint density at radius 3 is 2.36 bits per heavy atom. The van der Waals surface area contributed by atoms with E-state index in [4.69, 9.17) is 0 Å². The maximum absolute atomic E-state index is 12.4. The van der Waals surface area contributed by atoms with Gasteiger partial charge in [0.15, 0.2) is 0 Å². The van der Waals surface area contributed by atoms with Crippen LogP contribution < -0.4 is 15.4 Å². The Labute approximate surface area is 160 Å². The van der Waals surface area contributed by atoms with Crippen molar-refractivity contribution in [3.8, 4) is 5.75 Å². The van der Waals surface area contributed by atoms with Crippen molar-refractivity contribution in [2.75, 3.05) is 5.32 Å². The summed E-state index contributed by atoms with van der Waals surface area (Å²) in [5, 5.41) is 5.31. The van der Waals surface area contributed by atoms with Crippen LogP contribution in [-0.4, -0.2) is 23.2 Å². The van der Waals surface area contributed by atoms with E-state index in [2.05, 4.69) is 20.4 Å². The van der Waals surface area contributed by atoms with Crippen LogP contribution in [0.4, 0.5) is 19.0 Å². The third kappa shape index (κ3) is 6.57. The molecule has 2 rings (SSSR count). The predicted octanol–water partition coefficient (Wildman–Crippen LogP) is 3.81. The lowest BCUT2D eigenvalue weighted by atomic mass is 10.1. The van der Waals surface area contributed by atoms with Crippen molar-refractivity contribution in [3.05, 3.63) is 53.2 Å². The maximum Gasteiger partial charge on any atom is 0.573 e. The maximum atomic E-state index is 12.4. The Hall–Kier alpha value is -3.10. The SMILES string of the molecule is Cc1cc(C(=O)NCc2ccc(OC(F)(F)F)cc2)cc(NC(=O)C(C)C)n1. The molecule has 0 fully saturated rings. The molecule has 0 unspecified atom stereocenters. The van der Waals surface area contributed by atoms with Crippen LogP contribution in [0.1, 0.15) is 35.5 Å². The summed E-state index contributed by atoms with van der Waals surface area (Å²) in [6.07, 6.45) is -4.75. The number of amides is 2. The largest absolute Gasteiger partial charge is 0.573 e. The van der Waals surface area contributed by atoms with E-state index in [0.717, 1.165) is 0 Å². The molecule has 1 aromatic carbocycles. The molecule has 1 aromatic heterocycles. The third-order valence-corrected chi connectivity index (χ3v) is 3.60. The van der Waals surface area contributed by atoms with E-state index in [1.807, 2.05) is 0 Å². The normalized spacial score (nSPS) is 11.2. The van der Waals surface area contributed by atoms with Gasteiger partial charge in [0.05, 0.1) is 0 Å². The summed E-state index contributed by atoms with van der Waals surface area (Å²) in [5.41, 5.74) is 1.46. The van der Waals surface area contributed by atoms with Crippen molar-refractivity contribution in [1.82, 2.24) is 10.3 Å². The highest BCUT2D eigenvalue weighted by molar-refractivity contribution is 5.97. The van der Waals surface area contributed by atoms with Gasteiger partial charge in [-0.15, -0.1) is 13.2 Å². The number of aryl methyl sites for hydroxylation is 1. The molecular formula is C19H20F3N3O3. The Bertz CT molecular complexity index is 850. The second kappa shape index (κ2) is 8.73. The third-order valence-electron chi connectivity index (χ3n) is 3.60. The number of benzene rings is 1. The first-order valence-corrected chi connectivity index (χ1v) is 8.46. The van der Waals surface area contributed by atoms with Crippen LogP contribution in [0.3, 0.4) is 0 Å². The summed E-state index contributed by atoms with van der Waals surface area (Å²) in [7, 11) is 0. The molecule has 6 nitrogen and oxygen atoms in total. The van der Waals surface area contributed by atoms with Gasteiger partial charge in [-0.05, 0) is 36.8 Å². The highest BCUT2D eigenvalue weighted by Gasteiger charge is 2.30. The summed E-state index contributed by atoms with van der Waals surface area (Å²) < 4.78 is 40.3. The first kappa shape index (κ1) is 21.2. The lowest BCUT2D eigenvalue weighted by molar-refractivity contribution is -0.274. The Morgan fingerprint density at radius 2 is 1.79 bits per heavy atom. The number of pyridine rings is 1. The fourth-order valence-electron chi connectivity index (χ4n) is 2.23. The molecule has 2 N–H and O–H groups in total.